The molecule has 0 saturated heterocycles. The van der Waals surface area contributed by atoms with Gasteiger partial charge < -0.3 is 4.90 Å². The van der Waals surface area contributed by atoms with Gasteiger partial charge in [-0.25, -0.2) is 0 Å². The van der Waals surface area contributed by atoms with Crippen LogP contribution in [0.3, 0.4) is 0 Å². The molecule has 1 nitrogen and oxygen atoms in total. The molecule has 1 aromatic rings. The Hall–Kier alpha value is -0.820. The van der Waals surface area contributed by atoms with Crippen molar-refractivity contribution in [2.24, 2.45) is 11.8 Å². The van der Waals surface area contributed by atoms with E-state index in [1.54, 1.807) is 10.6 Å². The average Bonchev–Trinajstić information content (AvgIpc) is 2.57. The van der Waals surface area contributed by atoms with Gasteiger partial charge in [0.1, 0.15) is 5.69 Å². The summed E-state index contributed by atoms with van der Waals surface area (Å²) in [6.45, 7) is 4.95. The van der Waals surface area contributed by atoms with Crippen LogP contribution < -0.4 is 4.90 Å². The van der Waals surface area contributed by atoms with Gasteiger partial charge in [0, 0.05) is 11.8 Å². The van der Waals surface area contributed by atoms with Gasteiger partial charge in [-0.05, 0) is 44.7 Å². The van der Waals surface area contributed by atoms with Crippen molar-refractivity contribution in [2.75, 3.05) is 13.1 Å². The van der Waals surface area contributed by atoms with E-state index in [1.165, 1.54) is 82.9 Å². The maximum Gasteiger partial charge on any atom is 0.131 e. The van der Waals surface area contributed by atoms with Crippen LogP contribution in [0.4, 0.5) is 5.69 Å². The van der Waals surface area contributed by atoms with Gasteiger partial charge in [0.2, 0.25) is 0 Å². The second kappa shape index (κ2) is 8.15. The fourth-order valence-corrected chi connectivity index (χ4v) is 4.59. The lowest BCUT2D eigenvalue weighted by molar-refractivity contribution is -0.841. The lowest BCUT2D eigenvalue weighted by atomic mass is 9.86. The Kier molecular flexibility index (Phi) is 5.95. The predicted molar refractivity (Wildman–Crippen MR) is 94.7 cm³/mol. The molecule has 2 fully saturated rings. The van der Waals surface area contributed by atoms with E-state index < -0.39 is 0 Å². The van der Waals surface area contributed by atoms with Crippen molar-refractivity contribution >= 4 is 5.69 Å². The lowest BCUT2D eigenvalue weighted by Gasteiger charge is -2.31. The van der Waals surface area contributed by atoms with E-state index in [9.17, 15) is 0 Å². The summed E-state index contributed by atoms with van der Waals surface area (Å²) in [5, 5.41) is 0. The predicted octanol–water partition coefficient (Wildman–Crippen LogP) is 4.67. The molecule has 0 unspecified atom stereocenters. The van der Waals surface area contributed by atoms with Gasteiger partial charge in [-0.1, -0.05) is 56.2 Å². The van der Waals surface area contributed by atoms with Crippen molar-refractivity contribution in [1.29, 1.82) is 0 Å². The number of nitrogens with one attached hydrogen (secondary N) is 1. The third-order valence-electron chi connectivity index (χ3n) is 5.98. The van der Waals surface area contributed by atoms with Gasteiger partial charge in [0.15, 0.2) is 0 Å². The average molecular weight is 301 g/mol. The zero-order valence-electron chi connectivity index (χ0n) is 14.4. The van der Waals surface area contributed by atoms with Crippen LogP contribution in [0.5, 0.6) is 0 Å². The quantitative estimate of drug-likeness (QED) is 0.806. The SMILES string of the molecule is Cc1ccc([NH+](CC2CCCCC2)CC2CCCCC2)cc1. The molecule has 0 bridgehead atoms. The number of aryl methyl sites for hydroxylation is 1. The minimum absolute atomic E-state index is 0.966. The van der Waals surface area contributed by atoms with E-state index in [0.29, 0.717) is 0 Å². The Morgan fingerprint density at radius 2 is 1.18 bits per heavy atom. The molecule has 1 heteroatoms. The summed E-state index contributed by atoms with van der Waals surface area (Å²) >= 11 is 0. The minimum atomic E-state index is 0.966. The van der Waals surface area contributed by atoms with Gasteiger partial charge >= 0.3 is 0 Å². The number of quaternary nitrogens is 1. The first-order valence-electron chi connectivity index (χ1n) is 9.73. The number of hydrogen-bond donors (Lipinski definition) is 1. The number of rotatable bonds is 5. The van der Waals surface area contributed by atoms with Crippen LogP contribution in [-0.4, -0.2) is 13.1 Å². The molecule has 0 radical (unpaired) electrons. The zero-order valence-corrected chi connectivity index (χ0v) is 14.4. The highest BCUT2D eigenvalue weighted by atomic mass is 15.1. The summed E-state index contributed by atoms with van der Waals surface area (Å²) in [6.07, 6.45) is 14.7. The molecule has 1 N–H and O–H groups in total. The standard InChI is InChI=1S/C21H33N/c1-18-12-14-21(15-13-18)22(16-19-8-4-2-5-9-19)17-20-10-6-3-7-11-20/h12-15,19-20H,2-11,16-17H2,1H3/p+1. The molecule has 3 rings (SSSR count). The van der Waals surface area contributed by atoms with Crippen LogP contribution in [0.1, 0.15) is 69.8 Å². The van der Waals surface area contributed by atoms with Crippen molar-refractivity contribution in [2.45, 2.75) is 71.1 Å². The maximum atomic E-state index is 2.39. The van der Waals surface area contributed by atoms with Gasteiger partial charge in [-0.15, -0.1) is 0 Å². The highest BCUT2D eigenvalue weighted by Crippen LogP contribution is 2.24. The molecule has 0 aliphatic heterocycles. The number of benzene rings is 1. The van der Waals surface area contributed by atoms with Crippen LogP contribution in [0, 0.1) is 18.8 Å². The fourth-order valence-electron chi connectivity index (χ4n) is 4.59. The largest absolute Gasteiger partial charge is 0.302 e. The molecule has 0 atom stereocenters. The van der Waals surface area contributed by atoms with Crippen molar-refractivity contribution in [1.82, 2.24) is 0 Å². The molecule has 2 saturated carbocycles. The van der Waals surface area contributed by atoms with Crippen LogP contribution >= 0.6 is 0 Å². The Morgan fingerprint density at radius 3 is 1.64 bits per heavy atom. The van der Waals surface area contributed by atoms with Crippen LogP contribution in [0.2, 0.25) is 0 Å². The third kappa shape index (κ3) is 4.59. The van der Waals surface area contributed by atoms with E-state index in [0.717, 1.165) is 11.8 Å². The van der Waals surface area contributed by atoms with Gasteiger partial charge in [-0.3, -0.25) is 0 Å². The fraction of sp³-hybridized carbons (Fsp3) is 0.714. The van der Waals surface area contributed by atoms with Gasteiger partial charge in [0.25, 0.3) is 0 Å². The Labute approximate surface area is 137 Å². The second-order valence-corrected chi connectivity index (χ2v) is 7.89. The van der Waals surface area contributed by atoms with Crippen molar-refractivity contribution in [3.05, 3.63) is 29.8 Å². The van der Waals surface area contributed by atoms with Crippen molar-refractivity contribution < 1.29 is 4.90 Å². The lowest BCUT2D eigenvalue weighted by Crippen LogP contribution is -3.08. The summed E-state index contributed by atoms with van der Waals surface area (Å²) in [4.78, 5) is 1.78. The van der Waals surface area contributed by atoms with Gasteiger partial charge in [0.05, 0.1) is 13.1 Å². The van der Waals surface area contributed by atoms with E-state index in [1.807, 2.05) is 0 Å². The van der Waals surface area contributed by atoms with Gasteiger partial charge in [-0.2, -0.15) is 0 Å². The summed E-state index contributed by atoms with van der Waals surface area (Å²) in [7, 11) is 0. The first-order chi connectivity index (χ1) is 10.8. The van der Waals surface area contributed by atoms with E-state index in [-0.39, 0.29) is 0 Å². The Balaban J connectivity index is 1.67. The van der Waals surface area contributed by atoms with Crippen molar-refractivity contribution in [3.63, 3.8) is 0 Å². The van der Waals surface area contributed by atoms with Crippen LogP contribution in [-0.2, 0) is 0 Å². The molecule has 2 aliphatic carbocycles. The summed E-state index contributed by atoms with van der Waals surface area (Å²) < 4.78 is 0. The monoisotopic (exact) mass is 300 g/mol. The van der Waals surface area contributed by atoms with E-state index in [4.69, 9.17) is 0 Å². The van der Waals surface area contributed by atoms with Crippen molar-refractivity contribution in [3.8, 4) is 0 Å². The molecule has 2 aliphatic rings. The maximum absolute atomic E-state index is 2.39. The molecule has 0 aromatic heterocycles. The number of hydrogen-bond acceptors (Lipinski definition) is 0. The first-order valence-corrected chi connectivity index (χ1v) is 9.73. The molecule has 1 aromatic carbocycles. The summed E-state index contributed by atoms with van der Waals surface area (Å²) in [6, 6.07) is 9.38. The zero-order chi connectivity index (χ0) is 15.2. The molecular weight excluding hydrogens is 266 g/mol. The molecule has 22 heavy (non-hydrogen) atoms. The molecular formula is C21H34N+. The highest BCUT2D eigenvalue weighted by molar-refractivity contribution is 5.31. The molecule has 0 amide bonds. The third-order valence-corrected chi connectivity index (χ3v) is 5.98. The second-order valence-electron chi connectivity index (χ2n) is 7.89. The highest BCUT2D eigenvalue weighted by Gasteiger charge is 2.25. The molecule has 0 heterocycles. The Bertz CT molecular complexity index is 404. The summed E-state index contributed by atoms with van der Waals surface area (Å²) in [5.74, 6) is 1.93. The first kappa shape index (κ1) is 16.1. The summed E-state index contributed by atoms with van der Waals surface area (Å²) in [5.41, 5.74) is 2.93. The van der Waals surface area contributed by atoms with Crippen LogP contribution in [0.25, 0.3) is 0 Å². The topological polar surface area (TPSA) is 4.44 Å². The normalized spacial score (nSPS) is 21.4. The molecule has 0 spiro atoms. The van der Waals surface area contributed by atoms with E-state index in [2.05, 4.69) is 31.2 Å². The van der Waals surface area contributed by atoms with Crippen LogP contribution in [0.15, 0.2) is 24.3 Å². The smallest absolute Gasteiger partial charge is 0.131 e. The molecule has 122 valence electrons. The van der Waals surface area contributed by atoms with E-state index >= 15 is 0 Å². The minimum Gasteiger partial charge on any atom is -0.302 e. The Morgan fingerprint density at radius 1 is 0.727 bits per heavy atom.